The van der Waals surface area contributed by atoms with Crippen molar-refractivity contribution >= 4 is 5.91 Å². The van der Waals surface area contributed by atoms with Gasteiger partial charge in [0.2, 0.25) is 5.91 Å². The molecule has 0 aliphatic carbocycles. The average molecular weight is 180 g/mol. The lowest BCUT2D eigenvalue weighted by Gasteiger charge is -2.02. The van der Waals surface area contributed by atoms with E-state index in [1.807, 2.05) is 13.0 Å². The van der Waals surface area contributed by atoms with E-state index in [0.29, 0.717) is 25.0 Å². The third-order valence-electron chi connectivity index (χ3n) is 1.60. The van der Waals surface area contributed by atoms with Gasteiger partial charge in [-0.3, -0.25) is 4.79 Å². The van der Waals surface area contributed by atoms with Crippen LogP contribution in [0, 0.1) is 11.3 Å². The largest absolute Gasteiger partial charge is 0.352 e. The normalized spacial score (nSPS) is 10.7. The molecule has 3 heteroatoms. The second-order valence-corrected chi connectivity index (χ2v) is 2.84. The zero-order valence-electron chi connectivity index (χ0n) is 8.26. The van der Waals surface area contributed by atoms with Crippen molar-refractivity contribution in [3.8, 4) is 6.07 Å². The smallest absolute Gasteiger partial charge is 0.246 e. The van der Waals surface area contributed by atoms with Crippen molar-refractivity contribution in [1.29, 1.82) is 5.26 Å². The number of nitrogens with one attached hydrogen (secondary N) is 1. The molecule has 0 bridgehead atoms. The fraction of sp³-hybridized carbons (Fsp3) is 0.600. The number of nitrogens with zero attached hydrogens (tertiary/aromatic N) is 1. The summed E-state index contributed by atoms with van der Waals surface area (Å²) in [4.78, 5) is 11.2. The summed E-state index contributed by atoms with van der Waals surface area (Å²) in [6, 6.07) is 2.03. The van der Waals surface area contributed by atoms with Crippen molar-refractivity contribution in [1.82, 2.24) is 5.32 Å². The van der Waals surface area contributed by atoms with Crippen LogP contribution in [0.2, 0.25) is 0 Å². The Labute approximate surface area is 79.4 Å². The molecule has 0 heterocycles. The van der Waals surface area contributed by atoms with Crippen LogP contribution < -0.4 is 5.32 Å². The highest BCUT2D eigenvalue weighted by molar-refractivity contribution is 5.92. The van der Waals surface area contributed by atoms with Crippen molar-refractivity contribution in [3.05, 3.63) is 11.6 Å². The van der Waals surface area contributed by atoms with Crippen molar-refractivity contribution in [3.63, 3.8) is 0 Å². The Balaban J connectivity index is 3.81. The Morgan fingerprint density at radius 3 is 2.85 bits per heavy atom. The van der Waals surface area contributed by atoms with Gasteiger partial charge in [0.25, 0.3) is 0 Å². The van der Waals surface area contributed by atoms with Crippen LogP contribution in [0.4, 0.5) is 0 Å². The Kier molecular flexibility index (Phi) is 6.62. The molecule has 0 radical (unpaired) electrons. The lowest BCUT2D eigenvalue weighted by Crippen LogP contribution is -2.24. The Morgan fingerprint density at radius 2 is 2.31 bits per heavy atom. The van der Waals surface area contributed by atoms with Crippen LogP contribution in [0.25, 0.3) is 0 Å². The summed E-state index contributed by atoms with van der Waals surface area (Å²) >= 11 is 0. The number of hydrogen-bond acceptors (Lipinski definition) is 2. The molecule has 0 spiro atoms. The van der Waals surface area contributed by atoms with E-state index in [9.17, 15) is 4.79 Å². The van der Waals surface area contributed by atoms with Gasteiger partial charge in [-0.15, -0.1) is 0 Å². The number of nitriles is 1. The second-order valence-electron chi connectivity index (χ2n) is 2.84. The highest BCUT2D eigenvalue weighted by Gasteiger charge is 2.00. The van der Waals surface area contributed by atoms with Gasteiger partial charge in [-0.1, -0.05) is 13.0 Å². The van der Waals surface area contributed by atoms with Crippen molar-refractivity contribution in [2.45, 2.75) is 33.1 Å². The molecule has 0 saturated heterocycles. The first-order chi connectivity index (χ1) is 6.22. The molecule has 0 unspecified atom stereocenters. The third kappa shape index (κ3) is 5.92. The van der Waals surface area contributed by atoms with Crippen LogP contribution in [0.1, 0.15) is 33.1 Å². The maximum Gasteiger partial charge on any atom is 0.246 e. The summed E-state index contributed by atoms with van der Waals surface area (Å²) in [5.74, 6) is -0.0280. The van der Waals surface area contributed by atoms with Gasteiger partial charge in [0.15, 0.2) is 0 Å². The molecular formula is C10H16N2O. The Hall–Kier alpha value is -1.30. The van der Waals surface area contributed by atoms with Gasteiger partial charge in [0.1, 0.15) is 0 Å². The standard InChI is InChI=1S/C10H16N2O/c1-3-8-12-10(13)9(2)6-4-5-7-11/h6H,3-5,8H2,1-2H3,(H,12,13)/b9-6+. The molecule has 1 N–H and O–H groups in total. The minimum Gasteiger partial charge on any atom is -0.352 e. The van der Waals surface area contributed by atoms with Crippen molar-refractivity contribution < 1.29 is 4.79 Å². The summed E-state index contributed by atoms with van der Waals surface area (Å²) < 4.78 is 0. The van der Waals surface area contributed by atoms with Crippen LogP contribution in [-0.2, 0) is 4.79 Å². The van der Waals surface area contributed by atoms with E-state index in [1.165, 1.54) is 0 Å². The van der Waals surface area contributed by atoms with E-state index in [0.717, 1.165) is 6.42 Å². The quantitative estimate of drug-likeness (QED) is 0.517. The van der Waals surface area contributed by atoms with Gasteiger partial charge in [-0.25, -0.2) is 0 Å². The van der Waals surface area contributed by atoms with Crippen molar-refractivity contribution in [2.75, 3.05) is 6.54 Å². The number of hydrogen-bond donors (Lipinski definition) is 1. The Morgan fingerprint density at radius 1 is 1.62 bits per heavy atom. The maximum absolute atomic E-state index is 11.2. The van der Waals surface area contributed by atoms with E-state index in [2.05, 4.69) is 5.32 Å². The van der Waals surface area contributed by atoms with Gasteiger partial charge in [0, 0.05) is 18.5 Å². The molecule has 0 aliphatic rings. The number of carbonyl (C=O) groups is 1. The van der Waals surface area contributed by atoms with Crippen LogP contribution in [0.5, 0.6) is 0 Å². The SMILES string of the molecule is CCCNC(=O)/C(C)=C/CCC#N. The molecule has 0 aromatic heterocycles. The topological polar surface area (TPSA) is 52.9 Å². The number of carbonyl (C=O) groups excluding carboxylic acids is 1. The summed E-state index contributed by atoms with van der Waals surface area (Å²) in [7, 11) is 0. The van der Waals surface area contributed by atoms with E-state index in [1.54, 1.807) is 13.0 Å². The summed E-state index contributed by atoms with van der Waals surface area (Å²) in [5, 5.41) is 11.0. The number of amides is 1. The summed E-state index contributed by atoms with van der Waals surface area (Å²) in [5.41, 5.74) is 0.698. The fourth-order valence-electron chi connectivity index (χ4n) is 0.824. The molecule has 1 amide bonds. The van der Waals surface area contributed by atoms with Gasteiger partial charge in [-0.05, 0) is 19.8 Å². The molecule has 0 aromatic carbocycles. The first kappa shape index (κ1) is 11.7. The lowest BCUT2D eigenvalue weighted by molar-refractivity contribution is -0.117. The predicted molar refractivity (Wildman–Crippen MR) is 51.9 cm³/mol. The van der Waals surface area contributed by atoms with Gasteiger partial charge >= 0.3 is 0 Å². The highest BCUT2D eigenvalue weighted by Crippen LogP contribution is 1.97. The monoisotopic (exact) mass is 180 g/mol. The molecule has 0 fully saturated rings. The van der Waals surface area contributed by atoms with Crippen LogP contribution in [0.15, 0.2) is 11.6 Å². The second kappa shape index (κ2) is 7.35. The van der Waals surface area contributed by atoms with E-state index >= 15 is 0 Å². The molecule has 13 heavy (non-hydrogen) atoms. The molecule has 72 valence electrons. The molecule has 0 saturated carbocycles. The highest BCUT2D eigenvalue weighted by atomic mass is 16.1. The molecular weight excluding hydrogens is 164 g/mol. The number of unbranched alkanes of at least 4 members (excludes halogenated alkanes) is 1. The molecule has 0 atom stereocenters. The predicted octanol–water partition coefficient (Wildman–Crippen LogP) is 1.76. The first-order valence-electron chi connectivity index (χ1n) is 4.54. The average Bonchev–Trinajstić information content (AvgIpc) is 2.14. The molecule has 0 aromatic rings. The lowest BCUT2D eigenvalue weighted by atomic mass is 10.2. The van der Waals surface area contributed by atoms with Gasteiger partial charge in [-0.2, -0.15) is 5.26 Å². The van der Waals surface area contributed by atoms with Gasteiger partial charge in [0.05, 0.1) is 6.07 Å². The van der Waals surface area contributed by atoms with Crippen molar-refractivity contribution in [2.24, 2.45) is 0 Å². The zero-order chi connectivity index (χ0) is 10.1. The minimum atomic E-state index is -0.0280. The van der Waals surface area contributed by atoms with Crippen LogP contribution in [-0.4, -0.2) is 12.5 Å². The van der Waals surface area contributed by atoms with E-state index < -0.39 is 0 Å². The van der Waals surface area contributed by atoms with E-state index in [4.69, 9.17) is 5.26 Å². The van der Waals surface area contributed by atoms with Crippen LogP contribution >= 0.6 is 0 Å². The maximum atomic E-state index is 11.2. The number of allylic oxidation sites excluding steroid dienone is 1. The molecule has 0 rings (SSSR count). The summed E-state index contributed by atoms with van der Waals surface area (Å²) in [6.45, 7) is 4.49. The van der Waals surface area contributed by atoms with E-state index in [-0.39, 0.29) is 5.91 Å². The zero-order valence-corrected chi connectivity index (χ0v) is 8.26. The van der Waals surface area contributed by atoms with Crippen LogP contribution in [0.3, 0.4) is 0 Å². The van der Waals surface area contributed by atoms with Gasteiger partial charge < -0.3 is 5.32 Å². The fourth-order valence-corrected chi connectivity index (χ4v) is 0.824. The Bertz CT molecular complexity index is 226. The minimum absolute atomic E-state index is 0.0280. The summed E-state index contributed by atoms with van der Waals surface area (Å²) in [6.07, 6.45) is 3.87. The third-order valence-corrected chi connectivity index (χ3v) is 1.60. The molecule has 3 nitrogen and oxygen atoms in total. The molecule has 0 aliphatic heterocycles. The first-order valence-corrected chi connectivity index (χ1v) is 4.54. The number of rotatable bonds is 5.